The van der Waals surface area contributed by atoms with Crippen LogP contribution in [0.4, 0.5) is 0 Å². The van der Waals surface area contributed by atoms with Crippen LogP contribution in [0.2, 0.25) is 0 Å². The van der Waals surface area contributed by atoms with E-state index in [1.54, 1.807) is 0 Å². The van der Waals surface area contributed by atoms with Crippen LogP contribution in [0, 0.1) is 5.41 Å². The molecule has 0 atom stereocenters. The molecule has 2 nitrogen and oxygen atoms in total. The topological polar surface area (TPSA) is 26.3 Å². The minimum absolute atomic E-state index is 0. The zero-order valence-electron chi connectivity index (χ0n) is 10.8. The van der Waals surface area contributed by atoms with Gasteiger partial charge < -0.3 is 38.7 Å². The Labute approximate surface area is 134 Å². The smallest absolute Gasteiger partial charge is 1.00 e. The fourth-order valence-corrected chi connectivity index (χ4v) is 1.25. The molecule has 0 saturated carbocycles. The molecule has 0 bridgehead atoms. The average molecular weight is 411 g/mol. The van der Waals surface area contributed by atoms with Gasteiger partial charge in [-0.1, -0.05) is 26.2 Å². The summed E-state index contributed by atoms with van der Waals surface area (Å²) in [6, 6.07) is 0. The van der Waals surface area contributed by atoms with Crippen molar-refractivity contribution in [2.45, 2.75) is 53.4 Å². The Kier molecular flexibility index (Phi) is 22.8. The van der Waals surface area contributed by atoms with E-state index in [2.05, 4.69) is 6.92 Å². The molecule has 0 N–H and O–H groups in total. The van der Waals surface area contributed by atoms with Gasteiger partial charge in [-0.05, 0) is 27.2 Å². The Morgan fingerprint density at radius 2 is 1.62 bits per heavy atom. The molecule has 0 fully saturated rings. The maximum absolute atomic E-state index is 11.4. The predicted octanol–water partition coefficient (Wildman–Crippen LogP) is -2.84. The molecular weight excluding hydrogens is 389 g/mol. The van der Waals surface area contributed by atoms with E-state index in [1.807, 2.05) is 20.8 Å². The fraction of sp³-hybridized carbons (Fsp3) is 0.909. The van der Waals surface area contributed by atoms with Crippen LogP contribution in [0.5, 0.6) is 0 Å². The summed E-state index contributed by atoms with van der Waals surface area (Å²) < 4.78 is 5.00. The van der Waals surface area contributed by atoms with Crippen molar-refractivity contribution >= 4 is 5.97 Å². The third-order valence-electron chi connectivity index (χ3n) is 2.23. The van der Waals surface area contributed by atoms with Gasteiger partial charge >= 0.3 is 25.4 Å². The fourth-order valence-electron chi connectivity index (χ4n) is 1.25. The summed E-state index contributed by atoms with van der Waals surface area (Å²) in [6.07, 6.45) is 4.43. The molecular formula is C11H22Br2O2Zn. The van der Waals surface area contributed by atoms with E-state index in [1.165, 1.54) is 12.8 Å². The van der Waals surface area contributed by atoms with Gasteiger partial charge in [0.05, 0.1) is 12.0 Å². The van der Waals surface area contributed by atoms with Crippen molar-refractivity contribution < 1.29 is 63.0 Å². The van der Waals surface area contributed by atoms with Gasteiger partial charge in [-0.3, -0.25) is 4.79 Å². The first-order valence-corrected chi connectivity index (χ1v) is 5.21. The molecule has 0 aliphatic carbocycles. The van der Waals surface area contributed by atoms with E-state index in [9.17, 15) is 4.79 Å². The number of hydrogen-bond donors (Lipinski definition) is 0. The van der Waals surface area contributed by atoms with Gasteiger partial charge in [-0.15, -0.1) is 0 Å². The molecule has 16 heavy (non-hydrogen) atoms. The number of unbranched alkanes of at least 4 members (excludes halogenated alkanes) is 2. The van der Waals surface area contributed by atoms with Gasteiger partial charge in [-0.25, -0.2) is 0 Å². The van der Waals surface area contributed by atoms with Crippen LogP contribution >= 0.6 is 0 Å². The molecule has 94 valence electrons. The number of carbonyl (C=O) groups excluding carboxylic acids is 1. The summed E-state index contributed by atoms with van der Waals surface area (Å²) in [5, 5.41) is 0. The Balaban J connectivity index is -0.000000240. The number of rotatable bonds is 6. The first-order valence-electron chi connectivity index (χ1n) is 5.21. The largest absolute Gasteiger partial charge is 2.00 e. The molecule has 0 saturated heterocycles. The summed E-state index contributed by atoms with van der Waals surface area (Å²) in [5.41, 5.74) is -0.300. The number of ether oxygens (including phenoxy) is 1. The van der Waals surface area contributed by atoms with Gasteiger partial charge in [0.2, 0.25) is 0 Å². The van der Waals surface area contributed by atoms with Crippen LogP contribution in [0.25, 0.3) is 0 Å². The van der Waals surface area contributed by atoms with Crippen molar-refractivity contribution in [3.8, 4) is 0 Å². The van der Waals surface area contributed by atoms with Gasteiger partial charge in [0.1, 0.15) is 0 Å². The normalized spacial score (nSPS) is 9.25. The van der Waals surface area contributed by atoms with E-state index in [0.717, 1.165) is 12.8 Å². The van der Waals surface area contributed by atoms with Crippen molar-refractivity contribution in [3.63, 3.8) is 0 Å². The molecule has 0 aromatic heterocycles. The van der Waals surface area contributed by atoms with Crippen LogP contribution in [0.3, 0.4) is 0 Å². The quantitative estimate of drug-likeness (QED) is 0.268. The molecule has 0 aliphatic heterocycles. The van der Waals surface area contributed by atoms with Gasteiger partial charge in [0.25, 0.3) is 0 Å². The number of carbonyl (C=O) groups is 1. The van der Waals surface area contributed by atoms with Crippen molar-refractivity contribution in [2.24, 2.45) is 5.41 Å². The number of halogens is 2. The Hall–Kier alpha value is 1.05. The Morgan fingerprint density at radius 3 is 2.00 bits per heavy atom. The monoisotopic (exact) mass is 408 g/mol. The average Bonchev–Trinajstić information content (AvgIpc) is 2.05. The summed E-state index contributed by atoms with van der Waals surface area (Å²) >= 11 is 0. The van der Waals surface area contributed by atoms with E-state index in [-0.39, 0.29) is 64.8 Å². The Bertz CT molecular complexity index is 164. The molecule has 0 radical (unpaired) electrons. The molecule has 0 spiro atoms. The summed E-state index contributed by atoms with van der Waals surface area (Å²) in [4.78, 5) is 11.4. The van der Waals surface area contributed by atoms with E-state index in [0.29, 0.717) is 6.61 Å². The Morgan fingerprint density at radius 1 is 1.12 bits per heavy atom. The van der Waals surface area contributed by atoms with Crippen molar-refractivity contribution in [1.82, 2.24) is 0 Å². The number of hydrogen-bond acceptors (Lipinski definition) is 2. The summed E-state index contributed by atoms with van der Waals surface area (Å²) in [6.45, 7) is 8.41. The molecule has 0 rings (SSSR count). The zero-order chi connectivity index (χ0) is 10.3. The van der Waals surface area contributed by atoms with Crippen molar-refractivity contribution in [3.05, 3.63) is 0 Å². The molecule has 0 heterocycles. The van der Waals surface area contributed by atoms with Crippen LogP contribution in [0.15, 0.2) is 0 Å². The van der Waals surface area contributed by atoms with Gasteiger partial charge in [0.15, 0.2) is 0 Å². The van der Waals surface area contributed by atoms with Crippen molar-refractivity contribution in [1.29, 1.82) is 0 Å². The maximum atomic E-state index is 11.4. The van der Waals surface area contributed by atoms with Gasteiger partial charge in [-0.2, -0.15) is 0 Å². The summed E-state index contributed by atoms with van der Waals surface area (Å²) in [7, 11) is 0. The first-order chi connectivity index (χ1) is 6.04. The minimum atomic E-state index is -0.300. The minimum Gasteiger partial charge on any atom is -1.00 e. The van der Waals surface area contributed by atoms with Crippen LogP contribution in [-0.4, -0.2) is 12.6 Å². The standard InChI is InChI=1S/C11H22O2.2BrH.Zn/c1-5-7-8-9-11(3,4)10(12)13-6-2;;;/h5-9H2,1-4H3;2*1H;/q;;;+2/p-2. The van der Waals surface area contributed by atoms with Crippen LogP contribution in [-0.2, 0) is 29.0 Å². The second-order valence-corrected chi connectivity index (χ2v) is 4.06. The number of esters is 1. The van der Waals surface area contributed by atoms with Gasteiger partial charge in [0, 0.05) is 0 Å². The predicted molar refractivity (Wildman–Crippen MR) is 54.6 cm³/mol. The first kappa shape index (κ1) is 25.8. The maximum Gasteiger partial charge on any atom is 2.00 e. The molecule has 0 amide bonds. The van der Waals surface area contributed by atoms with E-state index >= 15 is 0 Å². The van der Waals surface area contributed by atoms with Crippen molar-refractivity contribution in [2.75, 3.05) is 6.61 Å². The second kappa shape index (κ2) is 14.1. The third kappa shape index (κ3) is 11.5. The van der Waals surface area contributed by atoms with Crippen LogP contribution in [0.1, 0.15) is 53.4 Å². The SMILES string of the molecule is CCCCCC(C)(C)C(=O)OCC.[Br-].[Br-].[Zn+2]. The van der Waals surface area contributed by atoms with Crippen LogP contribution < -0.4 is 34.0 Å². The molecule has 0 aromatic carbocycles. The third-order valence-corrected chi connectivity index (χ3v) is 2.23. The molecule has 0 aromatic rings. The van der Waals surface area contributed by atoms with E-state index < -0.39 is 0 Å². The van der Waals surface area contributed by atoms with E-state index in [4.69, 9.17) is 4.74 Å². The molecule has 5 heteroatoms. The molecule has 0 unspecified atom stereocenters. The summed E-state index contributed by atoms with van der Waals surface area (Å²) in [5.74, 6) is -0.0638. The zero-order valence-corrected chi connectivity index (χ0v) is 17.0. The second-order valence-electron chi connectivity index (χ2n) is 4.06. The molecule has 0 aliphatic rings.